The van der Waals surface area contributed by atoms with Crippen LogP contribution in [0.15, 0.2) is 12.4 Å². The molecule has 0 aliphatic heterocycles. The summed E-state index contributed by atoms with van der Waals surface area (Å²) < 4.78 is 0. The zero-order valence-electron chi connectivity index (χ0n) is 11.6. The first kappa shape index (κ1) is 13.6. The van der Waals surface area contributed by atoms with E-state index in [2.05, 4.69) is 15.3 Å². The molecule has 5 nitrogen and oxygen atoms in total. The Hall–Kier alpha value is -1.78. The number of amides is 1. The Balaban J connectivity index is 1.90. The van der Waals surface area contributed by atoms with E-state index in [9.17, 15) is 9.59 Å². The van der Waals surface area contributed by atoms with Crippen LogP contribution in [0.25, 0.3) is 0 Å². The third-order valence-corrected chi connectivity index (χ3v) is 3.12. The predicted molar refractivity (Wildman–Crippen MR) is 70.8 cm³/mol. The minimum Gasteiger partial charge on any atom is -0.345 e. The maximum Gasteiger partial charge on any atom is 0.254 e. The van der Waals surface area contributed by atoms with Gasteiger partial charge in [0.1, 0.15) is 5.82 Å². The zero-order chi connectivity index (χ0) is 14.0. The van der Waals surface area contributed by atoms with Gasteiger partial charge in [-0.3, -0.25) is 9.59 Å². The minimum absolute atomic E-state index is 0.00336. The number of carbonyl (C=O) groups is 2. The Morgan fingerprint density at radius 3 is 2.32 bits per heavy atom. The quantitative estimate of drug-likeness (QED) is 0.895. The molecule has 0 atom stereocenters. The van der Waals surface area contributed by atoms with Gasteiger partial charge in [-0.25, -0.2) is 9.97 Å². The van der Waals surface area contributed by atoms with Crippen LogP contribution in [0.1, 0.15) is 55.7 Å². The number of ketones is 1. The lowest BCUT2D eigenvalue weighted by Crippen LogP contribution is -2.35. The first-order valence-corrected chi connectivity index (χ1v) is 6.51. The molecule has 1 heterocycles. The highest BCUT2D eigenvalue weighted by Crippen LogP contribution is 2.37. The molecule has 1 fully saturated rings. The largest absolute Gasteiger partial charge is 0.345 e. The molecular weight excluding hydrogens is 242 g/mol. The van der Waals surface area contributed by atoms with E-state index >= 15 is 0 Å². The molecule has 0 saturated heterocycles. The fourth-order valence-electron chi connectivity index (χ4n) is 1.54. The van der Waals surface area contributed by atoms with E-state index in [4.69, 9.17) is 0 Å². The zero-order valence-corrected chi connectivity index (χ0v) is 11.6. The maximum atomic E-state index is 11.8. The van der Waals surface area contributed by atoms with E-state index in [1.54, 1.807) is 0 Å². The molecule has 0 spiro atoms. The van der Waals surface area contributed by atoms with Gasteiger partial charge >= 0.3 is 0 Å². The van der Waals surface area contributed by atoms with Crippen molar-refractivity contribution in [1.82, 2.24) is 15.3 Å². The van der Waals surface area contributed by atoms with Crippen LogP contribution in [0.5, 0.6) is 0 Å². The first-order valence-electron chi connectivity index (χ1n) is 6.51. The first-order chi connectivity index (χ1) is 8.88. The number of carbonyl (C=O) groups excluding carboxylic acids is 2. The molecule has 1 aromatic rings. The summed E-state index contributed by atoms with van der Waals surface area (Å²) in [6.07, 6.45) is 5.31. The molecule has 1 N–H and O–H groups in total. The summed E-state index contributed by atoms with van der Waals surface area (Å²) in [5, 5.41) is 2.60. The summed E-state index contributed by atoms with van der Waals surface area (Å²) in [6.45, 7) is 5.52. The van der Waals surface area contributed by atoms with Crippen molar-refractivity contribution in [2.75, 3.05) is 6.54 Å². The second-order valence-corrected chi connectivity index (χ2v) is 5.96. The predicted octanol–water partition coefficient (Wildman–Crippen LogP) is 1.70. The van der Waals surface area contributed by atoms with Crippen LogP contribution in [-0.2, 0) is 4.79 Å². The fraction of sp³-hybridized carbons (Fsp3) is 0.571. The third kappa shape index (κ3) is 3.59. The van der Waals surface area contributed by atoms with Crippen LogP contribution in [0, 0.1) is 5.41 Å². The van der Waals surface area contributed by atoms with Crippen molar-refractivity contribution in [2.24, 2.45) is 5.41 Å². The standard InChI is InChI=1S/C14H19N3O2/c1-14(2,3)11(18)8-17-13(19)10-6-15-12(16-7-10)9-4-5-9/h6-7,9H,4-5,8H2,1-3H3,(H,17,19). The van der Waals surface area contributed by atoms with Gasteiger partial charge in [-0.05, 0) is 12.8 Å². The van der Waals surface area contributed by atoms with E-state index in [0.717, 1.165) is 18.7 Å². The van der Waals surface area contributed by atoms with E-state index in [-0.39, 0.29) is 18.2 Å². The summed E-state index contributed by atoms with van der Waals surface area (Å²) in [6, 6.07) is 0. The van der Waals surface area contributed by atoms with Gasteiger partial charge in [-0.1, -0.05) is 20.8 Å². The van der Waals surface area contributed by atoms with Crippen molar-refractivity contribution in [3.63, 3.8) is 0 Å². The number of nitrogens with one attached hydrogen (secondary N) is 1. The van der Waals surface area contributed by atoms with Gasteiger partial charge in [-0.2, -0.15) is 0 Å². The molecule has 1 saturated carbocycles. The second kappa shape index (κ2) is 5.07. The number of nitrogens with zero attached hydrogens (tertiary/aromatic N) is 2. The molecule has 0 bridgehead atoms. The molecule has 19 heavy (non-hydrogen) atoms. The number of Topliss-reactive ketones (excluding diaryl/α,β-unsaturated/α-hetero) is 1. The number of aromatic nitrogens is 2. The molecular formula is C14H19N3O2. The van der Waals surface area contributed by atoms with Crippen molar-refractivity contribution in [3.05, 3.63) is 23.8 Å². The molecule has 1 aliphatic carbocycles. The summed E-state index contributed by atoms with van der Waals surface area (Å²) >= 11 is 0. The van der Waals surface area contributed by atoms with Crippen molar-refractivity contribution < 1.29 is 9.59 Å². The van der Waals surface area contributed by atoms with Gasteiger partial charge in [-0.15, -0.1) is 0 Å². The van der Waals surface area contributed by atoms with Gasteiger partial charge in [0, 0.05) is 23.7 Å². The van der Waals surface area contributed by atoms with Crippen molar-refractivity contribution in [2.45, 2.75) is 39.5 Å². The summed E-state index contributed by atoms with van der Waals surface area (Å²) in [4.78, 5) is 31.9. The monoisotopic (exact) mass is 261 g/mol. The van der Waals surface area contributed by atoms with Gasteiger partial charge < -0.3 is 5.32 Å². The summed E-state index contributed by atoms with van der Waals surface area (Å²) in [7, 11) is 0. The minimum atomic E-state index is -0.445. The third-order valence-electron chi connectivity index (χ3n) is 3.12. The van der Waals surface area contributed by atoms with Crippen LogP contribution >= 0.6 is 0 Å². The Labute approximate surface area is 112 Å². The average Bonchev–Trinajstić information content (AvgIpc) is 3.18. The number of rotatable bonds is 4. The van der Waals surface area contributed by atoms with Crippen molar-refractivity contribution in [3.8, 4) is 0 Å². The second-order valence-electron chi connectivity index (χ2n) is 5.96. The highest BCUT2D eigenvalue weighted by Gasteiger charge is 2.26. The normalized spacial score (nSPS) is 15.1. The van der Waals surface area contributed by atoms with Crippen molar-refractivity contribution in [1.29, 1.82) is 0 Å². The van der Waals surface area contributed by atoms with Gasteiger partial charge in [0.25, 0.3) is 5.91 Å². The van der Waals surface area contributed by atoms with E-state index < -0.39 is 5.41 Å². The van der Waals surface area contributed by atoms with Crippen LogP contribution in [0.2, 0.25) is 0 Å². The highest BCUT2D eigenvalue weighted by molar-refractivity contribution is 5.97. The molecule has 1 amide bonds. The van der Waals surface area contributed by atoms with Crippen LogP contribution in [-0.4, -0.2) is 28.2 Å². The SMILES string of the molecule is CC(C)(C)C(=O)CNC(=O)c1cnc(C2CC2)nc1. The lowest BCUT2D eigenvalue weighted by Gasteiger charge is -2.16. The molecule has 5 heteroatoms. The summed E-state index contributed by atoms with van der Waals surface area (Å²) in [5.74, 6) is 0.971. The lowest BCUT2D eigenvalue weighted by atomic mass is 9.91. The Kier molecular flexibility index (Phi) is 3.64. The maximum absolute atomic E-state index is 11.8. The molecule has 102 valence electrons. The lowest BCUT2D eigenvalue weighted by molar-refractivity contribution is -0.125. The summed E-state index contributed by atoms with van der Waals surface area (Å²) in [5.41, 5.74) is -0.0503. The van der Waals surface area contributed by atoms with Gasteiger partial charge in [0.2, 0.25) is 0 Å². The van der Waals surface area contributed by atoms with E-state index in [1.165, 1.54) is 12.4 Å². The number of hydrogen-bond donors (Lipinski definition) is 1. The van der Waals surface area contributed by atoms with Crippen molar-refractivity contribution >= 4 is 11.7 Å². The molecule has 2 rings (SSSR count). The fourth-order valence-corrected chi connectivity index (χ4v) is 1.54. The smallest absolute Gasteiger partial charge is 0.254 e. The molecule has 0 radical (unpaired) electrons. The molecule has 0 unspecified atom stereocenters. The van der Waals surface area contributed by atoms with Crippen LogP contribution < -0.4 is 5.32 Å². The van der Waals surface area contributed by atoms with Crippen LogP contribution in [0.3, 0.4) is 0 Å². The molecule has 0 aromatic carbocycles. The Bertz CT molecular complexity index is 484. The van der Waals surface area contributed by atoms with Crippen LogP contribution in [0.4, 0.5) is 0 Å². The van der Waals surface area contributed by atoms with Gasteiger partial charge in [0.05, 0.1) is 12.1 Å². The Morgan fingerprint density at radius 2 is 1.84 bits per heavy atom. The van der Waals surface area contributed by atoms with E-state index in [0.29, 0.717) is 11.5 Å². The molecule has 1 aromatic heterocycles. The van der Waals surface area contributed by atoms with Gasteiger partial charge in [0.15, 0.2) is 5.78 Å². The Morgan fingerprint density at radius 1 is 1.26 bits per heavy atom. The average molecular weight is 261 g/mol. The molecule has 1 aliphatic rings. The highest BCUT2D eigenvalue weighted by atomic mass is 16.2. The van der Waals surface area contributed by atoms with E-state index in [1.807, 2.05) is 20.8 Å². The number of hydrogen-bond acceptors (Lipinski definition) is 4. The topological polar surface area (TPSA) is 72.0 Å².